The molecule has 116 valence electrons. The molecule has 1 aromatic rings. The molecule has 1 aromatic carbocycles. The number of nitro benzene ring substituents is 1. The Kier molecular flexibility index (Phi) is 4.74. The number of nitro groups is 1. The van der Waals surface area contributed by atoms with Crippen LogP contribution < -0.4 is 5.73 Å². The molecule has 2 N–H and O–H groups in total. The number of nitrogens with zero attached hydrogens (tertiary/aromatic N) is 2. The van der Waals surface area contributed by atoms with Crippen LogP contribution in [0.1, 0.15) is 12.8 Å². The van der Waals surface area contributed by atoms with Crippen molar-refractivity contribution in [2.75, 3.05) is 13.1 Å². The number of halogens is 2. The van der Waals surface area contributed by atoms with Gasteiger partial charge in [-0.05, 0) is 25.0 Å². The number of sulfonamides is 1. The fraction of sp³-hybridized carbons (Fsp3) is 0.455. The molecule has 0 spiro atoms. The van der Waals surface area contributed by atoms with E-state index in [1.165, 1.54) is 10.4 Å². The largest absolute Gasteiger partial charge is 0.327 e. The zero-order chi connectivity index (χ0) is 15.8. The zero-order valence-electron chi connectivity index (χ0n) is 10.8. The second kappa shape index (κ2) is 6.05. The average molecular weight is 354 g/mol. The van der Waals surface area contributed by atoms with E-state index < -0.39 is 25.7 Å². The van der Waals surface area contributed by atoms with Crippen molar-refractivity contribution in [1.82, 2.24) is 4.31 Å². The number of nitrogens with two attached hydrogens (primary N) is 1. The summed E-state index contributed by atoms with van der Waals surface area (Å²) in [6.07, 6.45) is 1.37. The van der Waals surface area contributed by atoms with Crippen molar-refractivity contribution in [1.29, 1.82) is 0 Å². The molecule has 1 fully saturated rings. The number of rotatable bonds is 3. The molecule has 0 bridgehead atoms. The SMILES string of the molecule is NC1CCCN(S(=O)(=O)c2ccc(Cl)c([N+](=O)[O-])c2Cl)C1. The van der Waals surface area contributed by atoms with E-state index in [0.29, 0.717) is 13.0 Å². The maximum absolute atomic E-state index is 12.6. The van der Waals surface area contributed by atoms with Gasteiger partial charge in [-0.1, -0.05) is 23.2 Å². The van der Waals surface area contributed by atoms with Gasteiger partial charge in [-0.3, -0.25) is 10.1 Å². The highest BCUT2D eigenvalue weighted by molar-refractivity contribution is 7.89. The lowest BCUT2D eigenvalue weighted by Gasteiger charge is -2.30. The Bertz CT molecular complexity index is 680. The molecular formula is C11H13Cl2N3O4S. The van der Waals surface area contributed by atoms with Gasteiger partial charge in [0.1, 0.15) is 14.9 Å². The number of benzene rings is 1. The summed E-state index contributed by atoms with van der Waals surface area (Å²) >= 11 is 11.6. The molecule has 1 atom stereocenters. The van der Waals surface area contributed by atoms with E-state index >= 15 is 0 Å². The second-order valence-corrected chi connectivity index (χ2v) is 7.42. The maximum Gasteiger partial charge on any atom is 0.307 e. The van der Waals surface area contributed by atoms with E-state index in [4.69, 9.17) is 28.9 Å². The maximum atomic E-state index is 12.6. The van der Waals surface area contributed by atoms with Crippen molar-refractivity contribution in [2.24, 2.45) is 5.73 Å². The summed E-state index contributed by atoms with van der Waals surface area (Å²) in [6, 6.07) is 2.07. The highest BCUT2D eigenvalue weighted by atomic mass is 35.5. The number of hydrogen-bond acceptors (Lipinski definition) is 5. The van der Waals surface area contributed by atoms with Gasteiger partial charge in [0.15, 0.2) is 0 Å². The summed E-state index contributed by atoms with van der Waals surface area (Å²) in [5.74, 6) is 0. The van der Waals surface area contributed by atoms with E-state index in [2.05, 4.69) is 0 Å². The second-order valence-electron chi connectivity index (χ2n) is 4.73. The molecule has 0 saturated carbocycles. The Morgan fingerprint density at radius 1 is 1.38 bits per heavy atom. The summed E-state index contributed by atoms with van der Waals surface area (Å²) in [6.45, 7) is 0.470. The van der Waals surface area contributed by atoms with Gasteiger partial charge >= 0.3 is 5.69 Å². The van der Waals surface area contributed by atoms with E-state index in [1.807, 2.05) is 0 Å². The number of hydrogen-bond donors (Lipinski definition) is 1. The molecule has 1 aliphatic rings. The zero-order valence-corrected chi connectivity index (χ0v) is 13.2. The first kappa shape index (κ1) is 16.4. The normalized spacial score (nSPS) is 20.4. The van der Waals surface area contributed by atoms with Gasteiger partial charge in [-0.2, -0.15) is 4.31 Å². The molecule has 0 radical (unpaired) electrons. The monoisotopic (exact) mass is 353 g/mol. The van der Waals surface area contributed by atoms with Gasteiger partial charge in [-0.25, -0.2) is 8.42 Å². The van der Waals surface area contributed by atoms with Gasteiger partial charge in [-0.15, -0.1) is 0 Å². The molecule has 0 amide bonds. The quantitative estimate of drug-likeness (QED) is 0.660. The summed E-state index contributed by atoms with van der Waals surface area (Å²) in [5, 5.41) is 10.3. The van der Waals surface area contributed by atoms with Crippen molar-refractivity contribution < 1.29 is 13.3 Å². The van der Waals surface area contributed by atoms with E-state index in [9.17, 15) is 18.5 Å². The molecule has 1 aliphatic heterocycles. The summed E-state index contributed by atoms with van der Waals surface area (Å²) in [7, 11) is -3.94. The molecule has 7 nitrogen and oxygen atoms in total. The topological polar surface area (TPSA) is 107 Å². The van der Waals surface area contributed by atoms with Crippen LogP contribution in [0.4, 0.5) is 5.69 Å². The Labute approximate surface area is 131 Å². The smallest absolute Gasteiger partial charge is 0.307 e. The fourth-order valence-electron chi connectivity index (χ4n) is 2.22. The van der Waals surface area contributed by atoms with E-state index in [1.54, 1.807) is 0 Å². The molecule has 1 saturated heterocycles. The Hall–Kier alpha value is -0.930. The first-order valence-electron chi connectivity index (χ1n) is 6.13. The van der Waals surface area contributed by atoms with Crippen LogP contribution in [0.3, 0.4) is 0 Å². The van der Waals surface area contributed by atoms with Crippen LogP contribution in [0.5, 0.6) is 0 Å². The van der Waals surface area contributed by atoms with Crippen LogP contribution in [0.2, 0.25) is 10.0 Å². The molecule has 0 aliphatic carbocycles. The lowest BCUT2D eigenvalue weighted by molar-refractivity contribution is -0.384. The minimum atomic E-state index is -3.94. The molecule has 0 aromatic heterocycles. The summed E-state index contributed by atoms with van der Waals surface area (Å²) < 4.78 is 26.3. The van der Waals surface area contributed by atoms with Gasteiger partial charge in [0.2, 0.25) is 10.0 Å². The lowest BCUT2D eigenvalue weighted by atomic mass is 10.1. The first-order chi connectivity index (χ1) is 9.75. The predicted octanol–water partition coefficient (Wildman–Crippen LogP) is 2.01. The van der Waals surface area contributed by atoms with Gasteiger partial charge in [0.05, 0.1) is 4.92 Å². The predicted molar refractivity (Wildman–Crippen MR) is 79.1 cm³/mol. The summed E-state index contributed by atoms with van der Waals surface area (Å²) in [4.78, 5) is 9.83. The van der Waals surface area contributed by atoms with Crippen LogP contribution in [-0.2, 0) is 10.0 Å². The van der Waals surface area contributed by atoms with Crippen molar-refractivity contribution >= 4 is 38.9 Å². The van der Waals surface area contributed by atoms with Crippen molar-refractivity contribution in [3.8, 4) is 0 Å². The van der Waals surface area contributed by atoms with Gasteiger partial charge < -0.3 is 5.73 Å². The minimum Gasteiger partial charge on any atom is -0.327 e. The third-order valence-electron chi connectivity index (χ3n) is 3.25. The van der Waals surface area contributed by atoms with Crippen LogP contribution in [-0.4, -0.2) is 36.8 Å². The minimum absolute atomic E-state index is 0.162. The Balaban J connectivity index is 2.50. The van der Waals surface area contributed by atoms with Gasteiger partial charge in [0, 0.05) is 19.1 Å². The highest BCUT2D eigenvalue weighted by Gasteiger charge is 2.34. The highest BCUT2D eigenvalue weighted by Crippen LogP contribution is 2.38. The molecular weight excluding hydrogens is 341 g/mol. The van der Waals surface area contributed by atoms with Crippen LogP contribution in [0.25, 0.3) is 0 Å². The average Bonchev–Trinajstić information content (AvgIpc) is 2.37. The third-order valence-corrected chi connectivity index (χ3v) is 5.96. The van der Waals surface area contributed by atoms with Crippen LogP contribution >= 0.6 is 23.2 Å². The van der Waals surface area contributed by atoms with Crippen LogP contribution in [0, 0.1) is 10.1 Å². The molecule has 10 heteroatoms. The Morgan fingerprint density at radius 3 is 2.62 bits per heavy atom. The first-order valence-corrected chi connectivity index (χ1v) is 8.33. The molecule has 1 heterocycles. The van der Waals surface area contributed by atoms with Crippen molar-refractivity contribution in [2.45, 2.75) is 23.8 Å². The summed E-state index contributed by atoms with van der Waals surface area (Å²) in [5.41, 5.74) is 5.16. The lowest BCUT2D eigenvalue weighted by Crippen LogP contribution is -2.45. The van der Waals surface area contributed by atoms with Crippen molar-refractivity contribution in [3.05, 3.63) is 32.3 Å². The molecule has 21 heavy (non-hydrogen) atoms. The van der Waals surface area contributed by atoms with Crippen molar-refractivity contribution in [3.63, 3.8) is 0 Å². The molecule has 2 rings (SSSR count). The fourth-order valence-corrected chi connectivity index (χ4v) is 4.62. The third kappa shape index (κ3) is 3.14. The standard InChI is InChI=1S/C11H13Cl2N3O4S/c12-8-3-4-9(10(13)11(8)16(17)18)21(19,20)15-5-1-2-7(14)6-15/h3-4,7H,1-2,5-6,14H2. The van der Waals surface area contributed by atoms with E-state index in [-0.39, 0.29) is 22.5 Å². The van der Waals surface area contributed by atoms with E-state index in [0.717, 1.165) is 12.5 Å². The van der Waals surface area contributed by atoms with Crippen LogP contribution in [0.15, 0.2) is 17.0 Å². The number of piperidine rings is 1. The Morgan fingerprint density at radius 2 is 2.05 bits per heavy atom. The van der Waals surface area contributed by atoms with Gasteiger partial charge in [0.25, 0.3) is 0 Å². The molecule has 1 unspecified atom stereocenters.